The van der Waals surface area contributed by atoms with Gasteiger partial charge < -0.3 is 19.6 Å². The number of hydrogen-bond donors (Lipinski definition) is 1. The summed E-state index contributed by atoms with van der Waals surface area (Å²) in [5.74, 6) is 0.350. The molecule has 0 radical (unpaired) electrons. The van der Waals surface area contributed by atoms with Gasteiger partial charge in [0.1, 0.15) is 12.4 Å². The van der Waals surface area contributed by atoms with Crippen LogP contribution in [0.25, 0.3) is 0 Å². The highest BCUT2D eigenvalue weighted by atomic mass is 35.5. The fraction of sp³-hybridized carbons (Fsp3) is 0.556. The summed E-state index contributed by atoms with van der Waals surface area (Å²) in [7, 11) is 2.13. The van der Waals surface area contributed by atoms with Crippen molar-refractivity contribution in [1.82, 2.24) is 9.80 Å². The zero-order valence-corrected chi connectivity index (χ0v) is 20.9. The Bertz CT molecular complexity index is 987. The van der Waals surface area contributed by atoms with E-state index in [0.717, 1.165) is 82.5 Å². The fourth-order valence-corrected chi connectivity index (χ4v) is 5.48. The Morgan fingerprint density at radius 3 is 2.40 bits per heavy atom. The molecule has 0 aromatic heterocycles. The van der Waals surface area contributed by atoms with Gasteiger partial charge in [-0.2, -0.15) is 13.2 Å². The highest BCUT2D eigenvalue weighted by Gasteiger charge is 2.40. The van der Waals surface area contributed by atoms with Crippen LogP contribution in [0.4, 0.5) is 13.2 Å². The standard InChI is InChI=1S/C27H34ClF3N2O2/c1-32-12-14-33(15-13-32)18-23(26(34)10-3-2-4-11-26)21-8-9-25(24(28)17-21)35-19-20-6-5-7-22(16-20)27(29,30)31/h5-9,16-17,23,34H,2-4,10-15,18-19H2,1H3. The van der Waals surface area contributed by atoms with Gasteiger partial charge in [-0.15, -0.1) is 0 Å². The number of aliphatic hydroxyl groups is 1. The first kappa shape index (κ1) is 26.3. The Kier molecular flexibility index (Phi) is 8.31. The number of likely N-dealkylation sites (N-methyl/N-ethyl adjacent to an activating group) is 1. The SMILES string of the molecule is CN1CCN(CC(c2ccc(OCc3cccc(C(F)(F)F)c3)c(Cl)c2)C2(O)CCCCC2)CC1. The Labute approximate surface area is 210 Å². The molecular formula is C27H34ClF3N2O2. The normalized spacial score (nSPS) is 20.5. The molecule has 1 unspecified atom stereocenters. The third kappa shape index (κ3) is 6.70. The van der Waals surface area contributed by atoms with Gasteiger partial charge in [0.05, 0.1) is 16.2 Å². The van der Waals surface area contributed by atoms with Gasteiger partial charge >= 0.3 is 6.18 Å². The van der Waals surface area contributed by atoms with E-state index in [2.05, 4.69) is 16.8 Å². The summed E-state index contributed by atoms with van der Waals surface area (Å²) < 4.78 is 44.8. The zero-order valence-electron chi connectivity index (χ0n) is 20.2. The molecule has 4 nitrogen and oxygen atoms in total. The molecule has 1 atom stereocenters. The molecule has 2 fully saturated rings. The van der Waals surface area contributed by atoms with E-state index in [-0.39, 0.29) is 12.5 Å². The summed E-state index contributed by atoms with van der Waals surface area (Å²) in [4.78, 5) is 4.73. The van der Waals surface area contributed by atoms with Crippen molar-refractivity contribution in [1.29, 1.82) is 0 Å². The van der Waals surface area contributed by atoms with Gasteiger partial charge in [0.2, 0.25) is 0 Å². The van der Waals surface area contributed by atoms with E-state index >= 15 is 0 Å². The molecule has 0 amide bonds. The Morgan fingerprint density at radius 1 is 1.03 bits per heavy atom. The molecule has 1 aliphatic carbocycles. The van der Waals surface area contributed by atoms with E-state index in [0.29, 0.717) is 16.3 Å². The summed E-state index contributed by atoms with van der Waals surface area (Å²) in [5, 5.41) is 12.1. The van der Waals surface area contributed by atoms with Crippen LogP contribution in [0, 0.1) is 0 Å². The van der Waals surface area contributed by atoms with Crippen molar-refractivity contribution in [3.63, 3.8) is 0 Å². The molecule has 1 saturated carbocycles. The van der Waals surface area contributed by atoms with E-state index in [1.54, 1.807) is 12.1 Å². The number of rotatable bonds is 7. The van der Waals surface area contributed by atoms with Crippen molar-refractivity contribution in [3.05, 3.63) is 64.2 Å². The summed E-state index contributed by atoms with van der Waals surface area (Å²) in [5.41, 5.74) is -0.0765. The lowest BCUT2D eigenvalue weighted by molar-refractivity contribution is -0.137. The molecule has 1 aliphatic heterocycles. The Morgan fingerprint density at radius 2 is 1.74 bits per heavy atom. The van der Waals surface area contributed by atoms with Crippen LogP contribution in [0.3, 0.4) is 0 Å². The maximum absolute atomic E-state index is 13.0. The van der Waals surface area contributed by atoms with Gasteiger partial charge in [0.15, 0.2) is 0 Å². The van der Waals surface area contributed by atoms with Crippen LogP contribution in [0.5, 0.6) is 5.75 Å². The van der Waals surface area contributed by atoms with Gasteiger partial charge in [-0.05, 0) is 55.3 Å². The van der Waals surface area contributed by atoms with Crippen LogP contribution in [0.2, 0.25) is 5.02 Å². The van der Waals surface area contributed by atoms with Crippen molar-refractivity contribution < 1.29 is 23.0 Å². The smallest absolute Gasteiger partial charge is 0.416 e. The molecule has 0 spiro atoms. The van der Waals surface area contributed by atoms with Crippen LogP contribution in [-0.4, -0.2) is 60.3 Å². The summed E-state index contributed by atoms with van der Waals surface area (Å²) >= 11 is 6.58. The second-order valence-electron chi connectivity index (χ2n) is 10.00. The maximum Gasteiger partial charge on any atom is 0.416 e. The third-order valence-corrected chi connectivity index (χ3v) is 7.71. The number of nitrogens with zero attached hydrogens (tertiary/aromatic N) is 2. The number of benzene rings is 2. The van der Waals surface area contributed by atoms with Gasteiger partial charge in [0.25, 0.3) is 0 Å². The minimum absolute atomic E-state index is 0.0162. The second kappa shape index (κ2) is 11.1. The average Bonchev–Trinajstić information content (AvgIpc) is 2.83. The topological polar surface area (TPSA) is 35.9 Å². The van der Waals surface area contributed by atoms with Gasteiger partial charge in [-0.25, -0.2) is 0 Å². The number of ether oxygens (including phenoxy) is 1. The van der Waals surface area contributed by atoms with Crippen LogP contribution in [0.15, 0.2) is 42.5 Å². The van der Waals surface area contributed by atoms with E-state index < -0.39 is 17.3 Å². The van der Waals surface area contributed by atoms with Gasteiger partial charge in [-0.3, -0.25) is 0 Å². The minimum Gasteiger partial charge on any atom is -0.487 e. The first-order valence-corrected chi connectivity index (χ1v) is 12.7. The molecule has 192 valence electrons. The van der Waals surface area contributed by atoms with Crippen LogP contribution in [-0.2, 0) is 12.8 Å². The lowest BCUT2D eigenvalue weighted by Gasteiger charge is -2.43. The first-order valence-electron chi connectivity index (χ1n) is 12.4. The van der Waals surface area contributed by atoms with Crippen molar-refractivity contribution in [2.45, 2.75) is 56.4 Å². The predicted molar refractivity (Wildman–Crippen MR) is 132 cm³/mol. The highest BCUT2D eigenvalue weighted by molar-refractivity contribution is 6.32. The molecule has 0 bridgehead atoms. The lowest BCUT2D eigenvalue weighted by Crippen LogP contribution is -2.50. The molecule has 8 heteroatoms. The van der Waals surface area contributed by atoms with Crippen LogP contribution in [0.1, 0.15) is 54.7 Å². The summed E-state index contributed by atoms with van der Waals surface area (Å²) in [6.45, 7) is 4.70. The third-order valence-electron chi connectivity index (χ3n) is 7.41. The van der Waals surface area contributed by atoms with Crippen LogP contribution < -0.4 is 4.74 Å². The molecular weight excluding hydrogens is 477 g/mol. The molecule has 2 aromatic carbocycles. The molecule has 1 heterocycles. The zero-order chi connectivity index (χ0) is 25.1. The number of alkyl halides is 3. The monoisotopic (exact) mass is 510 g/mol. The Hall–Kier alpha value is -1.80. The lowest BCUT2D eigenvalue weighted by atomic mass is 9.72. The molecule has 1 N–H and O–H groups in total. The minimum atomic E-state index is -4.40. The van der Waals surface area contributed by atoms with E-state index in [9.17, 15) is 18.3 Å². The quantitative estimate of drug-likeness (QED) is 0.498. The largest absolute Gasteiger partial charge is 0.487 e. The first-order chi connectivity index (χ1) is 16.6. The average molecular weight is 511 g/mol. The fourth-order valence-electron chi connectivity index (χ4n) is 5.24. The van der Waals surface area contributed by atoms with Gasteiger partial charge in [0, 0.05) is 38.6 Å². The second-order valence-corrected chi connectivity index (χ2v) is 10.4. The van der Waals surface area contributed by atoms with E-state index in [1.807, 2.05) is 12.1 Å². The van der Waals surface area contributed by atoms with Crippen molar-refractivity contribution in [2.24, 2.45) is 0 Å². The number of piperazine rings is 1. The van der Waals surface area contributed by atoms with E-state index in [1.165, 1.54) is 6.07 Å². The van der Waals surface area contributed by atoms with Crippen molar-refractivity contribution in [2.75, 3.05) is 39.8 Å². The molecule has 2 aliphatic rings. The number of hydrogen-bond acceptors (Lipinski definition) is 4. The molecule has 2 aromatic rings. The summed E-state index contributed by atoms with van der Waals surface area (Å²) in [6.07, 6.45) is 0.330. The number of halogens is 4. The molecule has 1 saturated heterocycles. The van der Waals surface area contributed by atoms with Crippen molar-refractivity contribution >= 4 is 11.6 Å². The summed E-state index contributed by atoms with van der Waals surface area (Å²) in [6, 6.07) is 10.7. The van der Waals surface area contributed by atoms with Crippen LogP contribution >= 0.6 is 11.6 Å². The van der Waals surface area contributed by atoms with Gasteiger partial charge in [-0.1, -0.05) is 49.1 Å². The highest BCUT2D eigenvalue weighted by Crippen LogP contribution is 2.42. The van der Waals surface area contributed by atoms with Crippen molar-refractivity contribution in [3.8, 4) is 5.75 Å². The van der Waals surface area contributed by atoms with E-state index in [4.69, 9.17) is 16.3 Å². The maximum atomic E-state index is 13.0. The molecule has 4 rings (SSSR count). The predicted octanol–water partition coefficient (Wildman–Crippen LogP) is 5.96. The molecule has 35 heavy (non-hydrogen) atoms. The Balaban J connectivity index is 1.50.